The van der Waals surface area contributed by atoms with E-state index < -0.39 is 23.3 Å². The SMILES string of the molecule is CC(C)c1ccc(NC(=O)C=O)c(C(F)(F)F)c1. The summed E-state index contributed by atoms with van der Waals surface area (Å²) in [5.41, 5.74) is -0.862. The molecule has 0 saturated carbocycles. The molecular formula is C12H12F3NO2. The lowest BCUT2D eigenvalue weighted by atomic mass is 9.99. The maximum Gasteiger partial charge on any atom is 0.418 e. The second-order valence-electron chi connectivity index (χ2n) is 4.06. The van der Waals surface area contributed by atoms with Crippen LogP contribution in [0.25, 0.3) is 0 Å². The van der Waals surface area contributed by atoms with Crippen molar-refractivity contribution >= 4 is 17.9 Å². The van der Waals surface area contributed by atoms with E-state index in [0.29, 0.717) is 5.56 Å². The molecule has 6 heteroatoms. The molecule has 98 valence electrons. The Morgan fingerprint density at radius 1 is 1.33 bits per heavy atom. The Kier molecular flexibility index (Phi) is 4.11. The van der Waals surface area contributed by atoms with Crippen LogP contribution >= 0.6 is 0 Å². The van der Waals surface area contributed by atoms with E-state index in [-0.39, 0.29) is 12.2 Å². The van der Waals surface area contributed by atoms with Crippen molar-refractivity contribution in [2.75, 3.05) is 5.32 Å². The van der Waals surface area contributed by atoms with Gasteiger partial charge in [0.2, 0.25) is 6.29 Å². The number of halogens is 3. The Morgan fingerprint density at radius 2 is 1.94 bits per heavy atom. The number of aldehydes is 1. The molecule has 1 N–H and O–H groups in total. The van der Waals surface area contributed by atoms with Gasteiger partial charge in [-0.3, -0.25) is 9.59 Å². The quantitative estimate of drug-likeness (QED) is 0.670. The number of hydrogen-bond donors (Lipinski definition) is 1. The number of benzene rings is 1. The molecule has 3 nitrogen and oxygen atoms in total. The van der Waals surface area contributed by atoms with Gasteiger partial charge in [0.25, 0.3) is 5.91 Å². The maximum absolute atomic E-state index is 12.8. The first-order chi connectivity index (χ1) is 8.25. The highest BCUT2D eigenvalue weighted by molar-refractivity contribution is 6.29. The molecule has 1 amide bonds. The van der Waals surface area contributed by atoms with E-state index >= 15 is 0 Å². The minimum Gasteiger partial charge on any atom is -0.319 e. The van der Waals surface area contributed by atoms with Gasteiger partial charge >= 0.3 is 6.18 Å². The van der Waals surface area contributed by atoms with E-state index in [4.69, 9.17) is 0 Å². The molecule has 0 aliphatic carbocycles. The minimum absolute atomic E-state index is 0.0677. The number of nitrogens with one attached hydrogen (secondary N) is 1. The van der Waals surface area contributed by atoms with E-state index in [9.17, 15) is 22.8 Å². The monoisotopic (exact) mass is 259 g/mol. The summed E-state index contributed by atoms with van der Waals surface area (Å²) in [6.07, 6.45) is -4.66. The topological polar surface area (TPSA) is 46.2 Å². The summed E-state index contributed by atoms with van der Waals surface area (Å²) in [6, 6.07) is 3.62. The Morgan fingerprint density at radius 3 is 2.39 bits per heavy atom. The van der Waals surface area contributed by atoms with Crippen molar-refractivity contribution in [3.8, 4) is 0 Å². The van der Waals surface area contributed by atoms with Crippen molar-refractivity contribution in [3.05, 3.63) is 29.3 Å². The molecule has 0 heterocycles. The third-order valence-corrected chi connectivity index (χ3v) is 2.38. The van der Waals surface area contributed by atoms with Crippen molar-refractivity contribution in [2.24, 2.45) is 0 Å². The Labute approximate surface area is 102 Å². The molecule has 1 aromatic rings. The lowest BCUT2D eigenvalue weighted by Gasteiger charge is -2.15. The molecule has 0 bridgehead atoms. The van der Waals surface area contributed by atoms with Gasteiger partial charge in [-0.1, -0.05) is 19.9 Å². The molecule has 0 radical (unpaired) electrons. The third-order valence-electron chi connectivity index (χ3n) is 2.38. The average Bonchev–Trinajstić information content (AvgIpc) is 2.27. The second-order valence-corrected chi connectivity index (χ2v) is 4.06. The van der Waals surface area contributed by atoms with Crippen molar-refractivity contribution in [1.82, 2.24) is 0 Å². The van der Waals surface area contributed by atoms with E-state index in [0.717, 1.165) is 12.1 Å². The first kappa shape index (κ1) is 14.2. The van der Waals surface area contributed by atoms with Crippen LogP contribution < -0.4 is 5.32 Å². The van der Waals surface area contributed by atoms with E-state index in [2.05, 4.69) is 0 Å². The van der Waals surface area contributed by atoms with Gasteiger partial charge in [0, 0.05) is 0 Å². The Balaban J connectivity index is 3.25. The van der Waals surface area contributed by atoms with Crippen molar-refractivity contribution < 1.29 is 22.8 Å². The van der Waals surface area contributed by atoms with Gasteiger partial charge in [0.15, 0.2) is 0 Å². The first-order valence-corrected chi connectivity index (χ1v) is 5.23. The second kappa shape index (κ2) is 5.20. The molecule has 0 atom stereocenters. The zero-order chi connectivity index (χ0) is 13.9. The predicted octanol–water partition coefficient (Wildman–Crippen LogP) is 2.97. The number of anilines is 1. The van der Waals surface area contributed by atoms with Gasteiger partial charge in [-0.25, -0.2) is 0 Å². The summed E-state index contributed by atoms with van der Waals surface area (Å²) >= 11 is 0. The van der Waals surface area contributed by atoms with Crippen LogP contribution in [0, 0.1) is 0 Å². The van der Waals surface area contributed by atoms with Crippen LogP contribution in [0.5, 0.6) is 0 Å². The lowest BCUT2D eigenvalue weighted by molar-refractivity contribution is -0.137. The summed E-state index contributed by atoms with van der Waals surface area (Å²) in [5.74, 6) is -1.18. The molecule has 0 aromatic heterocycles. The van der Waals surface area contributed by atoms with E-state index in [1.165, 1.54) is 6.07 Å². The fraction of sp³-hybridized carbons (Fsp3) is 0.333. The number of carbonyl (C=O) groups excluding carboxylic acids is 2. The largest absolute Gasteiger partial charge is 0.418 e. The number of rotatable bonds is 3. The highest BCUT2D eigenvalue weighted by Gasteiger charge is 2.34. The molecule has 0 fully saturated rings. The molecule has 1 aromatic carbocycles. The summed E-state index contributed by atoms with van der Waals surface area (Å²) in [4.78, 5) is 21.0. The van der Waals surface area contributed by atoms with Crippen LogP contribution in [0.1, 0.15) is 30.9 Å². The number of amides is 1. The van der Waals surface area contributed by atoms with Gasteiger partial charge in [0.05, 0.1) is 11.3 Å². The average molecular weight is 259 g/mol. The molecule has 0 aliphatic heterocycles. The normalized spacial score (nSPS) is 11.4. The van der Waals surface area contributed by atoms with Crippen LogP contribution in [-0.2, 0) is 15.8 Å². The van der Waals surface area contributed by atoms with Gasteiger partial charge < -0.3 is 5.32 Å². The summed E-state index contributed by atoms with van der Waals surface area (Å²) in [5, 5.41) is 1.91. The van der Waals surface area contributed by atoms with Gasteiger partial charge in [-0.15, -0.1) is 0 Å². The molecular weight excluding hydrogens is 247 g/mol. The number of hydrogen-bond acceptors (Lipinski definition) is 2. The molecule has 18 heavy (non-hydrogen) atoms. The summed E-state index contributed by atoms with van der Waals surface area (Å²) in [6.45, 7) is 3.53. The summed E-state index contributed by atoms with van der Waals surface area (Å²) < 4.78 is 38.4. The van der Waals surface area contributed by atoms with E-state index in [1.54, 1.807) is 13.8 Å². The molecule has 1 rings (SSSR count). The predicted molar refractivity (Wildman–Crippen MR) is 60.2 cm³/mol. The fourth-order valence-electron chi connectivity index (χ4n) is 1.43. The van der Waals surface area contributed by atoms with E-state index in [1.807, 2.05) is 5.32 Å². The van der Waals surface area contributed by atoms with Crippen LogP contribution in [-0.4, -0.2) is 12.2 Å². The zero-order valence-corrected chi connectivity index (χ0v) is 9.84. The van der Waals surface area contributed by atoms with Gasteiger partial charge in [-0.05, 0) is 23.6 Å². The molecule has 0 saturated heterocycles. The number of alkyl halides is 3. The fourth-order valence-corrected chi connectivity index (χ4v) is 1.43. The molecule has 0 aliphatic rings. The Hall–Kier alpha value is -1.85. The standard InChI is InChI=1S/C12H12F3NO2/c1-7(2)8-3-4-10(16-11(18)6-17)9(5-8)12(13,14)15/h3-7H,1-2H3,(H,16,18). The maximum atomic E-state index is 12.8. The Bertz CT molecular complexity index is 467. The smallest absolute Gasteiger partial charge is 0.319 e. The van der Waals surface area contributed by atoms with Crippen LogP contribution in [0.4, 0.5) is 18.9 Å². The summed E-state index contributed by atoms with van der Waals surface area (Å²) in [7, 11) is 0. The van der Waals surface area contributed by atoms with Gasteiger partial charge in [-0.2, -0.15) is 13.2 Å². The highest BCUT2D eigenvalue weighted by atomic mass is 19.4. The van der Waals surface area contributed by atoms with Crippen LogP contribution in [0.3, 0.4) is 0 Å². The van der Waals surface area contributed by atoms with Crippen LogP contribution in [0.2, 0.25) is 0 Å². The lowest BCUT2D eigenvalue weighted by Crippen LogP contribution is -2.17. The first-order valence-electron chi connectivity index (χ1n) is 5.23. The molecule has 0 unspecified atom stereocenters. The van der Waals surface area contributed by atoms with Crippen LogP contribution in [0.15, 0.2) is 18.2 Å². The van der Waals surface area contributed by atoms with Crippen molar-refractivity contribution in [2.45, 2.75) is 25.9 Å². The number of carbonyl (C=O) groups is 2. The highest BCUT2D eigenvalue weighted by Crippen LogP contribution is 2.36. The third kappa shape index (κ3) is 3.32. The van der Waals surface area contributed by atoms with Crippen molar-refractivity contribution in [1.29, 1.82) is 0 Å². The minimum atomic E-state index is -4.59. The zero-order valence-electron chi connectivity index (χ0n) is 9.84. The van der Waals surface area contributed by atoms with Crippen molar-refractivity contribution in [3.63, 3.8) is 0 Å². The molecule has 0 spiro atoms. The van der Waals surface area contributed by atoms with Gasteiger partial charge in [0.1, 0.15) is 0 Å².